The zero-order chi connectivity index (χ0) is 23.0. The van der Waals surface area contributed by atoms with Crippen molar-refractivity contribution in [1.29, 1.82) is 0 Å². The van der Waals surface area contributed by atoms with E-state index in [1.165, 1.54) is 27.8 Å². The van der Waals surface area contributed by atoms with Crippen molar-refractivity contribution in [3.05, 3.63) is 132 Å². The molecular weight excluding hydrogens is 404 g/mol. The quantitative estimate of drug-likeness (QED) is 0.505. The van der Waals surface area contributed by atoms with E-state index in [2.05, 4.69) is 79.9 Å². The number of hydrogen-bond acceptors (Lipinski definition) is 2. The van der Waals surface area contributed by atoms with Gasteiger partial charge in [-0.15, -0.1) is 13.2 Å². The van der Waals surface area contributed by atoms with Gasteiger partial charge in [0.05, 0.1) is 11.5 Å². The van der Waals surface area contributed by atoms with Crippen molar-refractivity contribution in [2.24, 2.45) is 5.92 Å². The largest absolute Gasteiger partial charge is 0.508 e. The van der Waals surface area contributed by atoms with E-state index < -0.39 is 11.5 Å². The summed E-state index contributed by atoms with van der Waals surface area (Å²) in [5.41, 5.74) is 7.82. The van der Waals surface area contributed by atoms with E-state index in [-0.39, 0.29) is 5.92 Å². The minimum Gasteiger partial charge on any atom is -0.508 e. The van der Waals surface area contributed by atoms with E-state index in [9.17, 15) is 10.2 Å². The first-order valence-electron chi connectivity index (χ1n) is 11.7. The van der Waals surface area contributed by atoms with Crippen LogP contribution in [0.1, 0.15) is 41.5 Å². The lowest BCUT2D eigenvalue weighted by Crippen LogP contribution is -2.36. The topological polar surface area (TPSA) is 40.5 Å². The van der Waals surface area contributed by atoms with Crippen LogP contribution in [0.2, 0.25) is 0 Å². The average Bonchev–Trinajstić information content (AvgIpc) is 3.14. The van der Waals surface area contributed by atoms with Crippen LogP contribution in [-0.4, -0.2) is 16.3 Å². The van der Waals surface area contributed by atoms with Gasteiger partial charge in [0.2, 0.25) is 0 Å². The van der Waals surface area contributed by atoms with Gasteiger partial charge in [-0.25, -0.2) is 0 Å². The van der Waals surface area contributed by atoms with Gasteiger partial charge in [0.1, 0.15) is 5.75 Å². The van der Waals surface area contributed by atoms with Crippen molar-refractivity contribution >= 4 is 5.57 Å². The third-order valence-corrected chi connectivity index (χ3v) is 7.41. The highest BCUT2D eigenvalue weighted by Crippen LogP contribution is 2.60. The molecule has 5 rings (SSSR count). The predicted molar refractivity (Wildman–Crippen MR) is 136 cm³/mol. The zero-order valence-corrected chi connectivity index (χ0v) is 18.9. The molecule has 0 spiro atoms. The number of aliphatic hydroxyl groups is 1. The first kappa shape index (κ1) is 21.5. The first-order chi connectivity index (χ1) is 16.1. The molecule has 0 heterocycles. The molecule has 2 nitrogen and oxygen atoms in total. The number of allylic oxidation sites excluding steroid dienone is 8. The molecule has 2 N–H and O–H groups in total. The Hall–Kier alpha value is -3.36. The van der Waals surface area contributed by atoms with Crippen molar-refractivity contribution < 1.29 is 10.2 Å². The van der Waals surface area contributed by atoms with Gasteiger partial charge in [0.25, 0.3) is 0 Å². The van der Waals surface area contributed by atoms with Crippen LogP contribution in [0.4, 0.5) is 0 Å². The molecule has 33 heavy (non-hydrogen) atoms. The summed E-state index contributed by atoms with van der Waals surface area (Å²) < 4.78 is 0. The van der Waals surface area contributed by atoms with Crippen LogP contribution in [0.15, 0.2) is 109 Å². The molecular formula is C31H30O2. The van der Waals surface area contributed by atoms with Crippen LogP contribution in [0, 0.1) is 5.92 Å². The summed E-state index contributed by atoms with van der Waals surface area (Å²) in [5.74, 6) is 0.541. The number of fused-ring (bicyclic) bond motifs is 3. The molecule has 3 unspecified atom stereocenters. The van der Waals surface area contributed by atoms with Crippen molar-refractivity contribution in [3.63, 3.8) is 0 Å². The Balaban J connectivity index is 1.83. The summed E-state index contributed by atoms with van der Waals surface area (Å²) in [6.07, 6.45) is 17.1. The second kappa shape index (κ2) is 8.53. The number of aromatic hydroxyl groups is 1. The third-order valence-electron chi connectivity index (χ3n) is 7.41. The molecule has 0 amide bonds. The summed E-state index contributed by atoms with van der Waals surface area (Å²) in [6, 6.07) is 14.8. The minimum atomic E-state index is -0.474. The maximum atomic E-state index is 10.7. The van der Waals surface area contributed by atoms with Crippen molar-refractivity contribution in [2.45, 2.75) is 37.2 Å². The molecule has 0 saturated carbocycles. The number of aliphatic hydroxyl groups excluding tert-OH is 1. The molecule has 166 valence electrons. The van der Waals surface area contributed by atoms with E-state index in [1.54, 1.807) is 0 Å². The number of benzene rings is 2. The molecule has 0 aliphatic heterocycles. The van der Waals surface area contributed by atoms with E-state index in [0.717, 1.165) is 17.6 Å². The Kier molecular flexibility index (Phi) is 5.55. The molecule has 3 aliphatic rings. The summed E-state index contributed by atoms with van der Waals surface area (Å²) >= 11 is 0. The number of hydrogen-bond donors (Lipinski definition) is 2. The second-order valence-electron chi connectivity index (χ2n) is 9.15. The molecule has 0 radical (unpaired) electrons. The summed E-state index contributed by atoms with van der Waals surface area (Å²) in [7, 11) is 0. The molecule has 0 fully saturated rings. The van der Waals surface area contributed by atoms with E-state index in [0.29, 0.717) is 25.0 Å². The average molecular weight is 435 g/mol. The minimum absolute atomic E-state index is 0.240. The van der Waals surface area contributed by atoms with Crippen LogP contribution >= 0.6 is 0 Å². The van der Waals surface area contributed by atoms with Gasteiger partial charge in [-0.1, -0.05) is 78.9 Å². The third kappa shape index (κ3) is 3.29. The molecule has 2 heteroatoms. The lowest BCUT2D eigenvalue weighted by Gasteiger charge is -2.41. The van der Waals surface area contributed by atoms with Crippen LogP contribution in [0.25, 0.3) is 5.57 Å². The highest BCUT2D eigenvalue weighted by molar-refractivity contribution is 5.84. The molecule has 2 aromatic carbocycles. The van der Waals surface area contributed by atoms with E-state index >= 15 is 0 Å². The lowest BCUT2D eigenvalue weighted by molar-refractivity contribution is 0.209. The Bertz CT molecular complexity index is 1240. The van der Waals surface area contributed by atoms with Crippen LogP contribution in [0.3, 0.4) is 0 Å². The highest BCUT2D eigenvalue weighted by atomic mass is 16.3. The monoisotopic (exact) mass is 434 g/mol. The van der Waals surface area contributed by atoms with Gasteiger partial charge in [-0.3, -0.25) is 0 Å². The van der Waals surface area contributed by atoms with Crippen molar-refractivity contribution in [3.8, 4) is 5.75 Å². The summed E-state index contributed by atoms with van der Waals surface area (Å²) in [6.45, 7) is 7.79. The van der Waals surface area contributed by atoms with E-state index in [4.69, 9.17) is 0 Å². The van der Waals surface area contributed by atoms with Gasteiger partial charge in [-0.2, -0.15) is 0 Å². The summed E-state index contributed by atoms with van der Waals surface area (Å²) in [5, 5.41) is 21.2. The second-order valence-corrected chi connectivity index (χ2v) is 9.15. The fourth-order valence-electron chi connectivity index (χ4n) is 5.99. The maximum Gasteiger partial charge on any atom is 0.119 e. The molecule has 0 bridgehead atoms. The fourth-order valence-corrected chi connectivity index (χ4v) is 5.99. The van der Waals surface area contributed by atoms with Gasteiger partial charge < -0.3 is 10.2 Å². The van der Waals surface area contributed by atoms with Gasteiger partial charge in [-0.05, 0) is 70.7 Å². The highest BCUT2D eigenvalue weighted by Gasteiger charge is 2.52. The van der Waals surface area contributed by atoms with Gasteiger partial charge >= 0.3 is 0 Å². The fraction of sp³-hybridized carbons (Fsp3) is 0.226. The van der Waals surface area contributed by atoms with E-state index in [1.807, 2.05) is 18.2 Å². The first-order valence-corrected chi connectivity index (χ1v) is 11.7. The lowest BCUT2D eigenvalue weighted by atomic mass is 9.61. The Labute approximate surface area is 196 Å². The normalized spacial score (nSPS) is 25.4. The molecule has 2 aromatic rings. The number of phenols is 1. The molecule has 0 saturated heterocycles. The molecule has 3 atom stereocenters. The maximum absolute atomic E-state index is 10.7. The zero-order valence-electron chi connectivity index (χ0n) is 18.9. The van der Waals surface area contributed by atoms with Crippen LogP contribution < -0.4 is 0 Å². The molecule has 0 aromatic heterocycles. The number of phenolic OH excluding ortho intramolecular Hbond substituents is 1. The standard InChI is InChI=1S/C31H30O2/c1-3-9-21-19-23(15-17-29(21)32)31(24-16-18-30(33)22(20-24)10-4-2)27-13-7-5-11-25(27)26-12-6-8-14-28(26)31/h3-8,11-13,15-17,19-20,28,30,32-33H,1-2,9-10,14,18H2. The SMILES string of the molecule is C=CCC1=CC(C2(c3ccc(O)c(CC=C)c3)c3ccccc3C3=CC=CCC32)=CCC1O. The van der Waals surface area contributed by atoms with Crippen LogP contribution in [0.5, 0.6) is 5.75 Å². The van der Waals surface area contributed by atoms with Crippen LogP contribution in [-0.2, 0) is 11.8 Å². The predicted octanol–water partition coefficient (Wildman–Crippen LogP) is 6.57. The van der Waals surface area contributed by atoms with Crippen molar-refractivity contribution in [2.75, 3.05) is 0 Å². The Morgan fingerprint density at radius 1 is 1.03 bits per heavy atom. The smallest absolute Gasteiger partial charge is 0.119 e. The molecule has 3 aliphatic carbocycles. The van der Waals surface area contributed by atoms with Gasteiger partial charge in [0.15, 0.2) is 0 Å². The Morgan fingerprint density at radius 2 is 1.85 bits per heavy atom. The van der Waals surface area contributed by atoms with Gasteiger partial charge in [0, 0.05) is 5.92 Å². The summed E-state index contributed by atoms with van der Waals surface area (Å²) in [4.78, 5) is 0. The van der Waals surface area contributed by atoms with Crippen molar-refractivity contribution in [1.82, 2.24) is 0 Å². The number of rotatable bonds is 6. The Morgan fingerprint density at radius 3 is 2.67 bits per heavy atom.